The minimum Gasteiger partial charge on any atom is -0.506 e. The number of carbonyl (C=O) groups excluding carboxylic acids is 2. The Morgan fingerprint density at radius 1 is 1.08 bits per heavy atom. The number of nitrogens with zero attached hydrogens (tertiary/aromatic N) is 3. The van der Waals surface area contributed by atoms with Crippen molar-refractivity contribution in [2.75, 3.05) is 44.8 Å². The van der Waals surface area contributed by atoms with Crippen molar-refractivity contribution < 1.29 is 39.2 Å². The molecule has 1 atom stereocenters. The van der Waals surface area contributed by atoms with Gasteiger partial charge in [0.25, 0.3) is 5.91 Å². The predicted molar refractivity (Wildman–Crippen MR) is 184 cm³/mol. The number of anilines is 1. The number of aromatic hydroxyl groups is 1. The topological polar surface area (TPSA) is 175 Å². The van der Waals surface area contributed by atoms with Gasteiger partial charge in [0.05, 0.1) is 25.8 Å². The average Bonchev–Trinajstić information content (AvgIpc) is 3.54. The summed E-state index contributed by atoms with van der Waals surface area (Å²) in [6.45, 7) is 4.18. The first-order valence-corrected chi connectivity index (χ1v) is 17.0. The molecule has 266 valence electrons. The molecule has 0 radical (unpaired) electrons. The molecule has 3 aromatic rings. The van der Waals surface area contributed by atoms with Crippen LogP contribution in [-0.4, -0.2) is 99.4 Å². The first-order chi connectivity index (χ1) is 23.6. The fourth-order valence-corrected chi connectivity index (χ4v) is 5.89. The smallest absolute Gasteiger partial charge is 0.332 e. The Labute approximate surface area is 287 Å². The highest BCUT2D eigenvalue weighted by Crippen LogP contribution is 2.39. The van der Waals surface area contributed by atoms with Crippen LogP contribution in [0, 0.1) is 0 Å². The molecule has 13 nitrogen and oxygen atoms in total. The van der Waals surface area contributed by atoms with Gasteiger partial charge in [-0.25, -0.2) is 4.79 Å². The number of hydrogen-bond donors (Lipinski definition) is 5. The maximum absolute atomic E-state index is 13.3. The molecule has 5 N–H and O–H groups in total. The van der Waals surface area contributed by atoms with Crippen molar-refractivity contribution in [2.24, 2.45) is 7.05 Å². The van der Waals surface area contributed by atoms with Crippen molar-refractivity contribution in [2.45, 2.75) is 70.4 Å². The number of aryl methyl sites for hydroxylation is 1. The number of aliphatic hydroxyl groups excluding tert-OH is 1. The van der Waals surface area contributed by atoms with E-state index in [1.807, 2.05) is 25.5 Å². The van der Waals surface area contributed by atoms with E-state index in [2.05, 4.69) is 44.9 Å². The van der Waals surface area contributed by atoms with Gasteiger partial charge in [-0.05, 0) is 61.9 Å². The van der Waals surface area contributed by atoms with Crippen molar-refractivity contribution in [3.8, 4) is 22.6 Å². The molecule has 1 aromatic heterocycles. The number of aromatic nitrogens is 2. The summed E-state index contributed by atoms with van der Waals surface area (Å²) in [4.78, 5) is 36.4. The van der Waals surface area contributed by atoms with Gasteiger partial charge in [0, 0.05) is 37.9 Å². The van der Waals surface area contributed by atoms with Crippen molar-refractivity contribution in [1.29, 1.82) is 0 Å². The Morgan fingerprint density at radius 2 is 1.82 bits per heavy atom. The van der Waals surface area contributed by atoms with E-state index in [0.717, 1.165) is 36.0 Å². The molecular weight excluding hydrogens is 630 g/mol. The number of fused-ring (bicyclic) bond motifs is 1. The Hall–Kier alpha value is -4.46. The lowest BCUT2D eigenvalue weighted by molar-refractivity contribution is -0.145. The third-order valence-electron chi connectivity index (χ3n) is 8.61. The van der Waals surface area contributed by atoms with Crippen LogP contribution in [-0.2, 0) is 39.0 Å². The molecule has 0 spiro atoms. The molecule has 1 saturated carbocycles. The fraction of sp³-hybridized carbons (Fsp3) is 0.500. The number of phenolic OH excluding ortho intramolecular Hbond substituents is 1. The molecule has 2 heterocycles. The lowest BCUT2D eigenvalue weighted by atomic mass is 9.94. The number of hydrogen-bond acceptors (Lipinski definition) is 9. The maximum atomic E-state index is 13.3. The summed E-state index contributed by atoms with van der Waals surface area (Å²) in [5.74, 6) is -0.771. The minimum atomic E-state index is -1.23. The van der Waals surface area contributed by atoms with Crippen LogP contribution in [0.25, 0.3) is 11.1 Å². The number of carbonyl (C=O) groups is 3. The van der Waals surface area contributed by atoms with E-state index in [1.54, 1.807) is 10.7 Å². The minimum absolute atomic E-state index is 0.000764. The maximum Gasteiger partial charge on any atom is 0.332 e. The first-order valence-electron chi connectivity index (χ1n) is 17.0. The molecular formula is C36H49N5O8. The largest absolute Gasteiger partial charge is 0.506 e. The molecule has 2 amide bonds. The summed E-state index contributed by atoms with van der Waals surface area (Å²) < 4.78 is 13.3. The van der Waals surface area contributed by atoms with Crippen molar-refractivity contribution in [1.82, 2.24) is 20.0 Å². The summed E-state index contributed by atoms with van der Waals surface area (Å²) >= 11 is 0. The van der Waals surface area contributed by atoms with Crippen LogP contribution in [0.5, 0.6) is 11.5 Å². The quantitative estimate of drug-likeness (QED) is 0.118. The van der Waals surface area contributed by atoms with Gasteiger partial charge >= 0.3 is 5.97 Å². The second kappa shape index (κ2) is 18.9. The monoisotopic (exact) mass is 679 g/mol. The van der Waals surface area contributed by atoms with Gasteiger partial charge in [-0.2, -0.15) is 5.10 Å². The second-order valence-corrected chi connectivity index (χ2v) is 12.4. The van der Waals surface area contributed by atoms with E-state index in [0.29, 0.717) is 63.2 Å². The number of amides is 2. The lowest BCUT2D eigenvalue weighted by Gasteiger charge is -2.34. The molecule has 2 aromatic carbocycles. The molecule has 0 unspecified atom stereocenters. The Bertz CT molecular complexity index is 1520. The Balaban J connectivity index is 0.000000827. The fourth-order valence-electron chi connectivity index (χ4n) is 5.89. The molecule has 49 heavy (non-hydrogen) atoms. The van der Waals surface area contributed by atoms with Crippen LogP contribution in [0.3, 0.4) is 0 Å². The summed E-state index contributed by atoms with van der Waals surface area (Å²) in [5, 5.41) is 36.2. The molecule has 2 aliphatic rings. The number of nitrogens with one attached hydrogen (secondary N) is 2. The summed E-state index contributed by atoms with van der Waals surface area (Å²) in [5.41, 5.74) is 4.70. The van der Waals surface area contributed by atoms with E-state index >= 15 is 0 Å². The van der Waals surface area contributed by atoms with Crippen LogP contribution < -0.4 is 15.4 Å². The molecule has 1 fully saturated rings. The highest BCUT2D eigenvalue weighted by molar-refractivity contribution is 5.97. The van der Waals surface area contributed by atoms with Crippen LogP contribution >= 0.6 is 0 Å². The normalized spacial score (nSPS) is 14.9. The van der Waals surface area contributed by atoms with Gasteiger partial charge in [-0.15, -0.1) is 0 Å². The van der Waals surface area contributed by atoms with Gasteiger partial charge < -0.3 is 40.3 Å². The number of rotatable bonds is 15. The molecule has 5 rings (SSSR count). The summed E-state index contributed by atoms with van der Waals surface area (Å²) in [6.07, 6.45) is 10.2. The van der Waals surface area contributed by atoms with E-state index < -0.39 is 12.1 Å². The SMILES string of the molecule is C[C@@H](O)C(=O)O.Cn1cc(-c2ccc(CCOCCC(=O)N(CCNCCc3ccc(O)c4c3OCC(=O)N4)C3CCCCC3)cc2)cn1. The molecule has 1 aliphatic carbocycles. The first kappa shape index (κ1) is 37.4. The zero-order valence-electron chi connectivity index (χ0n) is 28.4. The predicted octanol–water partition coefficient (Wildman–Crippen LogP) is 3.52. The zero-order chi connectivity index (χ0) is 35.2. The highest BCUT2D eigenvalue weighted by Gasteiger charge is 2.25. The summed E-state index contributed by atoms with van der Waals surface area (Å²) in [6, 6.07) is 12.2. The number of phenols is 1. The number of carboxylic acids is 1. The third-order valence-corrected chi connectivity index (χ3v) is 8.61. The van der Waals surface area contributed by atoms with Gasteiger partial charge in [-0.3, -0.25) is 14.3 Å². The van der Waals surface area contributed by atoms with Crippen molar-refractivity contribution >= 4 is 23.5 Å². The number of aliphatic hydroxyl groups is 1. The van der Waals surface area contributed by atoms with Gasteiger partial charge in [0.2, 0.25) is 5.91 Å². The molecule has 0 bridgehead atoms. The number of ether oxygens (including phenoxy) is 2. The van der Waals surface area contributed by atoms with Crippen LogP contribution in [0.4, 0.5) is 5.69 Å². The molecule has 0 saturated heterocycles. The van der Waals surface area contributed by atoms with Crippen LogP contribution in [0.15, 0.2) is 48.8 Å². The highest BCUT2D eigenvalue weighted by atomic mass is 16.5. The Kier molecular flexibility index (Phi) is 14.4. The van der Waals surface area contributed by atoms with Crippen molar-refractivity contribution in [3.63, 3.8) is 0 Å². The Morgan fingerprint density at radius 3 is 2.49 bits per heavy atom. The number of carboxylic acid groups (broad SMARTS) is 1. The zero-order valence-corrected chi connectivity index (χ0v) is 28.4. The van der Waals surface area contributed by atoms with Crippen LogP contribution in [0.2, 0.25) is 0 Å². The lowest BCUT2D eigenvalue weighted by Crippen LogP contribution is -2.45. The molecule has 1 aliphatic heterocycles. The van der Waals surface area contributed by atoms with Crippen LogP contribution in [0.1, 0.15) is 56.6 Å². The van der Waals surface area contributed by atoms with Gasteiger partial charge in [-0.1, -0.05) is 49.6 Å². The number of benzene rings is 2. The van der Waals surface area contributed by atoms with E-state index in [-0.39, 0.29) is 24.2 Å². The van der Waals surface area contributed by atoms with E-state index in [4.69, 9.17) is 19.7 Å². The average molecular weight is 680 g/mol. The second-order valence-electron chi connectivity index (χ2n) is 12.4. The molecule has 13 heteroatoms. The van der Waals surface area contributed by atoms with E-state index in [1.165, 1.54) is 31.7 Å². The van der Waals surface area contributed by atoms with Gasteiger partial charge in [0.15, 0.2) is 12.4 Å². The summed E-state index contributed by atoms with van der Waals surface area (Å²) in [7, 11) is 1.91. The van der Waals surface area contributed by atoms with Crippen molar-refractivity contribution in [3.05, 3.63) is 59.9 Å². The number of aliphatic carboxylic acids is 1. The third kappa shape index (κ3) is 11.6. The van der Waals surface area contributed by atoms with Gasteiger partial charge in [0.1, 0.15) is 17.5 Å². The standard InChI is InChI=1S/C33H43N5O5.C3H6O3/c1-37-22-27(21-35-37)25-9-7-24(8-10-25)14-19-42-20-15-31(41)38(28-5-3-2-4-6-28)18-17-34-16-13-26-11-12-29(39)32-33(26)43-23-30(40)36-32;1-2(4)3(5)6/h7-12,21-22,28,34,39H,2-6,13-20,23H2,1H3,(H,36,40);2,4H,1H3,(H,5,6)/t;2-/m.1/s1. The van der Waals surface area contributed by atoms with E-state index in [9.17, 15) is 19.5 Å².